The number of benzene rings is 1. The predicted octanol–water partition coefficient (Wildman–Crippen LogP) is 0.817. The minimum atomic E-state index is -1.07. The summed E-state index contributed by atoms with van der Waals surface area (Å²) in [5.41, 5.74) is 6.51. The average Bonchev–Trinajstić information content (AvgIpc) is 2.20. The maximum atomic E-state index is 11.5. The van der Waals surface area contributed by atoms with Gasteiger partial charge in [-0.25, -0.2) is 4.79 Å². The van der Waals surface area contributed by atoms with Crippen molar-refractivity contribution in [3.8, 4) is 0 Å². The number of nitrogens with zero attached hydrogens (tertiary/aromatic N) is 1. The predicted molar refractivity (Wildman–Crippen MR) is 60.1 cm³/mol. The highest BCUT2D eigenvalue weighted by molar-refractivity contribution is 5.93. The average molecular weight is 223 g/mol. The van der Waals surface area contributed by atoms with Crippen molar-refractivity contribution in [3.05, 3.63) is 24.3 Å². The molecule has 6 nitrogen and oxygen atoms in total. The second-order valence-electron chi connectivity index (χ2n) is 3.27. The highest BCUT2D eigenvalue weighted by Gasteiger charge is 2.12. The molecule has 6 heteroatoms. The Kier molecular flexibility index (Phi) is 3.71. The number of likely N-dealkylation sites (N-methyl/N-ethyl adjacent to an activating group) is 1. The molecule has 4 N–H and O–H groups in total. The summed E-state index contributed by atoms with van der Waals surface area (Å²) in [6.45, 7) is -0.363. The van der Waals surface area contributed by atoms with Crippen LogP contribution in [0.25, 0.3) is 0 Å². The smallest absolute Gasteiger partial charge is 0.323 e. The number of hydrogen-bond acceptors (Lipinski definition) is 3. The topological polar surface area (TPSA) is 95.7 Å². The number of nitrogen functional groups attached to an aromatic ring is 1. The summed E-state index contributed by atoms with van der Waals surface area (Å²) in [5, 5.41) is 11.0. The van der Waals surface area contributed by atoms with Gasteiger partial charge in [-0.1, -0.05) is 12.1 Å². The molecule has 0 heterocycles. The van der Waals surface area contributed by atoms with Crippen LogP contribution >= 0.6 is 0 Å². The minimum absolute atomic E-state index is 0.363. The molecular weight excluding hydrogens is 210 g/mol. The van der Waals surface area contributed by atoms with E-state index in [4.69, 9.17) is 10.8 Å². The Hall–Kier alpha value is -2.24. The van der Waals surface area contributed by atoms with Crippen molar-refractivity contribution in [3.63, 3.8) is 0 Å². The number of anilines is 2. The Morgan fingerprint density at radius 3 is 2.62 bits per heavy atom. The molecule has 0 unspecified atom stereocenters. The van der Waals surface area contributed by atoms with Crippen molar-refractivity contribution in [1.82, 2.24) is 4.90 Å². The van der Waals surface area contributed by atoms with Gasteiger partial charge in [0, 0.05) is 7.05 Å². The number of hydrogen-bond donors (Lipinski definition) is 3. The van der Waals surface area contributed by atoms with E-state index in [-0.39, 0.29) is 6.54 Å². The second kappa shape index (κ2) is 5.01. The van der Waals surface area contributed by atoms with E-state index in [1.807, 2.05) is 0 Å². The number of aliphatic carboxylic acids is 1. The van der Waals surface area contributed by atoms with Crippen molar-refractivity contribution in [2.45, 2.75) is 0 Å². The highest BCUT2D eigenvalue weighted by Crippen LogP contribution is 2.16. The standard InChI is InChI=1S/C10H13N3O3/c1-13(6-9(14)15)10(16)12-8-5-3-2-4-7(8)11/h2-5H,6,11H2,1H3,(H,12,16)(H,14,15). The number of urea groups is 1. The SMILES string of the molecule is CN(CC(=O)O)C(=O)Nc1ccccc1N. The first-order valence-electron chi connectivity index (χ1n) is 4.59. The van der Waals surface area contributed by atoms with Crippen LogP contribution in [0.1, 0.15) is 0 Å². The summed E-state index contributed by atoms with van der Waals surface area (Å²) in [6, 6.07) is 6.24. The van der Waals surface area contributed by atoms with E-state index >= 15 is 0 Å². The molecule has 0 radical (unpaired) electrons. The highest BCUT2D eigenvalue weighted by atomic mass is 16.4. The van der Waals surface area contributed by atoms with Crippen LogP contribution in [-0.2, 0) is 4.79 Å². The molecule has 2 amide bonds. The van der Waals surface area contributed by atoms with Crippen molar-refractivity contribution < 1.29 is 14.7 Å². The Morgan fingerprint density at radius 2 is 2.06 bits per heavy atom. The molecule has 1 rings (SSSR count). The molecule has 0 spiro atoms. The molecule has 0 atom stereocenters. The van der Waals surface area contributed by atoms with Gasteiger partial charge in [0.15, 0.2) is 0 Å². The lowest BCUT2D eigenvalue weighted by molar-refractivity contribution is -0.137. The van der Waals surface area contributed by atoms with Gasteiger partial charge in [0.25, 0.3) is 0 Å². The van der Waals surface area contributed by atoms with Crippen LogP contribution in [0, 0.1) is 0 Å². The molecule has 0 saturated carbocycles. The third kappa shape index (κ3) is 3.16. The number of amides is 2. The van der Waals surface area contributed by atoms with Crippen LogP contribution < -0.4 is 11.1 Å². The fraction of sp³-hybridized carbons (Fsp3) is 0.200. The monoisotopic (exact) mass is 223 g/mol. The number of carbonyl (C=O) groups excluding carboxylic acids is 1. The fourth-order valence-corrected chi connectivity index (χ4v) is 1.10. The molecule has 1 aromatic carbocycles. The molecule has 0 aliphatic heterocycles. The van der Waals surface area contributed by atoms with Gasteiger partial charge in [0.2, 0.25) is 0 Å². The first kappa shape index (κ1) is 11.8. The lowest BCUT2D eigenvalue weighted by atomic mass is 10.3. The van der Waals surface area contributed by atoms with Gasteiger partial charge >= 0.3 is 12.0 Å². The summed E-state index contributed by atoms with van der Waals surface area (Å²) >= 11 is 0. The van der Waals surface area contributed by atoms with Crippen LogP contribution in [0.2, 0.25) is 0 Å². The van der Waals surface area contributed by atoms with Crippen LogP contribution in [0.5, 0.6) is 0 Å². The molecule has 0 aromatic heterocycles. The van der Waals surface area contributed by atoms with E-state index in [1.54, 1.807) is 24.3 Å². The quantitative estimate of drug-likeness (QED) is 0.661. The zero-order chi connectivity index (χ0) is 12.1. The van der Waals surface area contributed by atoms with Gasteiger partial charge in [-0.3, -0.25) is 4.79 Å². The van der Waals surface area contributed by atoms with E-state index in [2.05, 4.69) is 5.32 Å². The van der Waals surface area contributed by atoms with Crippen LogP contribution in [0.15, 0.2) is 24.3 Å². The Labute approximate surface area is 92.7 Å². The number of para-hydroxylation sites is 2. The number of nitrogens with one attached hydrogen (secondary N) is 1. The lowest BCUT2D eigenvalue weighted by Crippen LogP contribution is -2.35. The summed E-state index contributed by atoms with van der Waals surface area (Å²) in [5.74, 6) is -1.07. The van der Waals surface area contributed by atoms with E-state index in [1.165, 1.54) is 7.05 Å². The summed E-state index contributed by atoms with van der Waals surface area (Å²) in [6.07, 6.45) is 0. The molecule has 0 aliphatic carbocycles. The minimum Gasteiger partial charge on any atom is -0.480 e. The zero-order valence-electron chi connectivity index (χ0n) is 8.80. The molecular formula is C10H13N3O3. The molecule has 0 aliphatic rings. The van der Waals surface area contributed by atoms with Crippen molar-refractivity contribution in [1.29, 1.82) is 0 Å². The molecule has 1 aromatic rings. The summed E-state index contributed by atoms with van der Waals surface area (Å²) in [7, 11) is 1.39. The summed E-state index contributed by atoms with van der Waals surface area (Å²) < 4.78 is 0. The molecule has 0 fully saturated rings. The maximum absolute atomic E-state index is 11.5. The van der Waals surface area contributed by atoms with E-state index in [0.717, 1.165) is 4.90 Å². The first-order valence-corrected chi connectivity index (χ1v) is 4.59. The number of carboxylic acid groups (broad SMARTS) is 1. The van der Waals surface area contributed by atoms with Gasteiger partial charge in [0.05, 0.1) is 11.4 Å². The Bertz CT molecular complexity index is 406. The van der Waals surface area contributed by atoms with Crippen molar-refractivity contribution in [2.24, 2.45) is 0 Å². The van der Waals surface area contributed by atoms with Crippen molar-refractivity contribution in [2.75, 3.05) is 24.6 Å². The lowest BCUT2D eigenvalue weighted by Gasteiger charge is -2.16. The fourth-order valence-electron chi connectivity index (χ4n) is 1.10. The van der Waals surface area contributed by atoms with Gasteiger partial charge in [-0.2, -0.15) is 0 Å². The number of rotatable bonds is 3. The normalized spacial score (nSPS) is 9.56. The van der Waals surface area contributed by atoms with E-state index in [0.29, 0.717) is 11.4 Å². The second-order valence-corrected chi connectivity index (χ2v) is 3.27. The number of carbonyl (C=O) groups is 2. The van der Waals surface area contributed by atoms with Crippen LogP contribution in [0.4, 0.5) is 16.2 Å². The maximum Gasteiger partial charge on any atom is 0.323 e. The molecule has 16 heavy (non-hydrogen) atoms. The number of carboxylic acids is 1. The van der Waals surface area contributed by atoms with Gasteiger partial charge in [-0.05, 0) is 12.1 Å². The van der Waals surface area contributed by atoms with Crippen LogP contribution in [0.3, 0.4) is 0 Å². The van der Waals surface area contributed by atoms with E-state index in [9.17, 15) is 9.59 Å². The first-order chi connectivity index (χ1) is 7.50. The van der Waals surface area contributed by atoms with Gasteiger partial charge < -0.3 is 21.1 Å². The van der Waals surface area contributed by atoms with Gasteiger partial charge in [0.1, 0.15) is 6.54 Å². The molecule has 86 valence electrons. The molecule has 0 bridgehead atoms. The third-order valence-corrected chi connectivity index (χ3v) is 1.92. The zero-order valence-corrected chi connectivity index (χ0v) is 8.80. The third-order valence-electron chi connectivity index (χ3n) is 1.92. The summed E-state index contributed by atoms with van der Waals surface area (Å²) in [4.78, 5) is 22.9. The number of nitrogens with two attached hydrogens (primary N) is 1. The Balaban J connectivity index is 2.64. The molecule has 0 saturated heterocycles. The van der Waals surface area contributed by atoms with E-state index < -0.39 is 12.0 Å². The van der Waals surface area contributed by atoms with Gasteiger partial charge in [-0.15, -0.1) is 0 Å². The van der Waals surface area contributed by atoms with Crippen molar-refractivity contribution >= 4 is 23.4 Å². The van der Waals surface area contributed by atoms with Crippen LogP contribution in [-0.4, -0.2) is 35.6 Å². The largest absolute Gasteiger partial charge is 0.480 e. The Morgan fingerprint density at radius 1 is 1.44 bits per heavy atom.